The molecule has 0 radical (unpaired) electrons. The monoisotopic (exact) mass is 376 g/mol. The first-order valence-electron chi connectivity index (χ1n) is 9.19. The number of benzene rings is 2. The molecule has 1 aromatic heterocycles. The van der Waals surface area contributed by atoms with Crippen LogP contribution in [0.15, 0.2) is 48.7 Å². The molecule has 2 aromatic carbocycles. The Hall–Kier alpha value is -3.41. The number of aryl methyl sites for hydroxylation is 4. The molecule has 3 rings (SSSR count). The molecule has 0 saturated heterocycles. The summed E-state index contributed by atoms with van der Waals surface area (Å²) in [6.45, 7) is 4.03. The molecule has 0 aliphatic rings. The van der Waals surface area contributed by atoms with E-state index in [9.17, 15) is 9.59 Å². The van der Waals surface area contributed by atoms with E-state index in [1.807, 2.05) is 56.3 Å². The lowest BCUT2D eigenvalue weighted by Crippen LogP contribution is -2.15. The van der Waals surface area contributed by atoms with Gasteiger partial charge >= 0.3 is 0 Å². The number of nitrogens with two attached hydrogens (primary N) is 1. The summed E-state index contributed by atoms with van der Waals surface area (Å²) in [7, 11) is 0. The van der Waals surface area contributed by atoms with Gasteiger partial charge in [0.1, 0.15) is 5.69 Å². The van der Waals surface area contributed by atoms with E-state index in [1.165, 1.54) is 0 Å². The van der Waals surface area contributed by atoms with E-state index in [2.05, 4.69) is 15.5 Å². The number of carbonyl (C=O) groups excluding carboxylic acids is 2. The first kappa shape index (κ1) is 19.4. The Morgan fingerprint density at radius 3 is 2.68 bits per heavy atom. The van der Waals surface area contributed by atoms with E-state index in [4.69, 9.17) is 5.73 Å². The quantitative estimate of drug-likeness (QED) is 0.590. The fourth-order valence-electron chi connectivity index (χ4n) is 3.17. The van der Waals surface area contributed by atoms with Gasteiger partial charge in [-0.3, -0.25) is 14.7 Å². The second kappa shape index (κ2) is 8.52. The number of carbonyl (C=O) groups is 2. The minimum absolute atomic E-state index is 0.0447. The molecule has 1 heterocycles. The molecular formula is C22H24N4O2. The van der Waals surface area contributed by atoms with Crippen LogP contribution in [0.4, 0.5) is 5.69 Å². The van der Waals surface area contributed by atoms with Crippen molar-refractivity contribution in [1.29, 1.82) is 0 Å². The van der Waals surface area contributed by atoms with Crippen molar-refractivity contribution in [2.24, 2.45) is 5.73 Å². The van der Waals surface area contributed by atoms with Crippen molar-refractivity contribution in [1.82, 2.24) is 10.2 Å². The smallest absolute Gasteiger partial charge is 0.266 e. The number of nitrogens with one attached hydrogen (secondary N) is 2. The zero-order chi connectivity index (χ0) is 20.1. The Balaban J connectivity index is 1.63. The van der Waals surface area contributed by atoms with Crippen molar-refractivity contribution >= 4 is 17.5 Å². The van der Waals surface area contributed by atoms with Crippen molar-refractivity contribution in [3.8, 4) is 0 Å². The molecule has 144 valence electrons. The van der Waals surface area contributed by atoms with Crippen molar-refractivity contribution < 1.29 is 9.59 Å². The highest BCUT2D eigenvalue weighted by atomic mass is 16.2. The SMILES string of the molecule is Cc1ccc(C)c(CC(=O)Nc2cccc(CCc3cn[nH]c3C(N)=O)c2)c1. The summed E-state index contributed by atoms with van der Waals surface area (Å²) in [6, 6.07) is 13.9. The third-order valence-corrected chi connectivity index (χ3v) is 4.71. The normalized spacial score (nSPS) is 10.6. The van der Waals surface area contributed by atoms with Gasteiger partial charge in [0.05, 0.1) is 12.6 Å². The summed E-state index contributed by atoms with van der Waals surface area (Å²) >= 11 is 0. The van der Waals surface area contributed by atoms with Crippen LogP contribution in [0, 0.1) is 13.8 Å². The maximum atomic E-state index is 12.4. The van der Waals surface area contributed by atoms with Crippen molar-refractivity contribution in [3.63, 3.8) is 0 Å². The van der Waals surface area contributed by atoms with Gasteiger partial charge in [-0.15, -0.1) is 0 Å². The first-order valence-corrected chi connectivity index (χ1v) is 9.19. The lowest BCUT2D eigenvalue weighted by molar-refractivity contribution is -0.115. The molecule has 4 N–H and O–H groups in total. The Morgan fingerprint density at radius 2 is 1.89 bits per heavy atom. The van der Waals surface area contributed by atoms with Crippen molar-refractivity contribution in [2.75, 3.05) is 5.32 Å². The van der Waals surface area contributed by atoms with E-state index in [1.54, 1.807) is 6.20 Å². The predicted octanol–water partition coefficient (Wildman–Crippen LogP) is 3.09. The molecule has 0 spiro atoms. The highest BCUT2D eigenvalue weighted by Crippen LogP contribution is 2.16. The van der Waals surface area contributed by atoms with Gasteiger partial charge in [-0.2, -0.15) is 5.10 Å². The zero-order valence-electron chi connectivity index (χ0n) is 16.1. The van der Waals surface area contributed by atoms with Crippen LogP contribution >= 0.6 is 0 Å². The number of nitrogens with zero attached hydrogens (tertiary/aromatic N) is 1. The lowest BCUT2D eigenvalue weighted by atomic mass is 10.0. The van der Waals surface area contributed by atoms with Crippen molar-refractivity contribution in [3.05, 3.63) is 82.2 Å². The molecule has 0 unspecified atom stereocenters. The van der Waals surface area contributed by atoms with Gasteiger partial charge in [0.2, 0.25) is 5.91 Å². The van der Waals surface area contributed by atoms with E-state index in [0.29, 0.717) is 25.0 Å². The number of anilines is 1. The molecule has 6 heteroatoms. The average Bonchev–Trinajstić information content (AvgIpc) is 3.12. The summed E-state index contributed by atoms with van der Waals surface area (Å²) in [6.07, 6.45) is 3.31. The maximum Gasteiger partial charge on any atom is 0.266 e. The minimum atomic E-state index is -0.514. The number of amides is 2. The molecule has 0 bridgehead atoms. The van der Waals surface area contributed by atoms with E-state index >= 15 is 0 Å². The van der Waals surface area contributed by atoms with Crippen LogP contribution < -0.4 is 11.1 Å². The molecule has 0 saturated carbocycles. The van der Waals surface area contributed by atoms with Gasteiger partial charge in [-0.1, -0.05) is 35.9 Å². The molecule has 0 atom stereocenters. The van der Waals surface area contributed by atoms with Crippen LogP contribution in [0.5, 0.6) is 0 Å². The number of primary amides is 1. The Kier molecular flexibility index (Phi) is 5.89. The number of hydrogen-bond acceptors (Lipinski definition) is 3. The van der Waals surface area contributed by atoms with Crippen LogP contribution in [0.3, 0.4) is 0 Å². The number of hydrogen-bond donors (Lipinski definition) is 3. The van der Waals surface area contributed by atoms with Crippen molar-refractivity contribution in [2.45, 2.75) is 33.1 Å². The van der Waals surface area contributed by atoms with Crippen LogP contribution in [0.25, 0.3) is 0 Å². The largest absolute Gasteiger partial charge is 0.364 e. The Labute approximate surface area is 164 Å². The van der Waals surface area contributed by atoms with Crippen LogP contribution in [-0.4, -0.2) is 22.0 Å². The molecular weight excluding hydrogens is 352 g/mol. The lowest BCUT2D eigenvalue weighted by Gasteiger charge is -2.10. The highest BCUT2D eigenvalue weighted by Gasteiger charge is 2.11. The van der Waals surface area contributed by atoms with Gasteiger partial charge in [-0.05, 0) is 55.5 Å². The fourth-order valence-corrected chi connectivity index (χ4v) is 3.17. The molecule has 28 heavy (non-hydrogen) atoms. The third-order valence-electron chi connectivity index (χ3n) is 4.71. The molecule has 6 nitrogen and oxygen atoms in total. The van der Waals surface area contributed by atoms with Gasteiger partial charge in [0.25, 0.3) is 5.91 Å². The number of aromatic amines is 1. The average molecular weight is 376 g/mol. The summed E-state index contributed by atoms with van der Waals surface area (Å²) in [5.41, 5.74) is 11.6. The zero-order valence-corrected chi connectivity index (χ0v) is 16.1. The molecule has 3 aromatic rings. The topological polar surface area (TPSA) is 101 Å². The summed E-state index contributed by atoms with van der Waals surface area (Å²) < 4.78 is 0. The number of rotatable bonds is 7. The van der Waals surface area contributed by atoms with E-state index in [0.717, 1.165) is 33.5 Å². The second-order valence-electron chi connectivity index (χ2n) is 6.99. The van der Waals surface area contributed by atoms with Gasteiger partial charge in [0.15, 0.2) is 0 Å². The van der Waals surface area contributed by atoms with E-state index < -0.39 is 5.91 Å². The first-order chi connectivity index (χ1) is 13.4. The number of H-pyrrole nitrogens is 1. The molecule has 0 aliphatic carbocycles. The highest BCUT2D eigenvalue weighted by molar-refractivity contribution is 5.93. The second-order valence-corrected chi connectivity index (χ2v) is 6.99. The summed E-state index contributed by atoms with van der Waals surface area (Å²) in [5, 5.41) is 9.48. The van der Waals surface area contributed by atoms with Gasteiger partial charge in [0, 0.05) is 11.3 Å². The van der Waals surface area contributed by atoms with E-state index in [-0.39, 0.29) is 5.91 Å². The molecule has 0 aliphatic heterocycles. The standard InChI is InChI=1S/C22H24N4O2/c1-14-6-7-15(2)18(10-14)12-20(27)25-19-5-3-4-16(11-19)8-9-17-13-24-26-21(17)22(23)28/h3-7,10-11,13H,8-9,12H2,1-2H3,(H2,23,28)(H,24,26)(H,25,27). The van der Waals surface area contributed by atoms with Crippen LogP contribution in [-0.2, 0) is 24.1 Å². The molecule has 2 amide bonds. The maximum absolute atomic E-state index is 12.4. The summed E-state index contributed by atoms with van der Waals surface area (Å²) in [4.78, 5) is 23.8. The predicted molar refractivity (Wildman–Crippen MR) is 109 cm³/mol. The Morgan fingerprint density at radius 1 is 1.07 bits per heavy atom. The van der Waals surface area contributed by atoms with Crippen LogP contribution in [0.2, 0.25) is 0 Å². The number of aromatic nitrogens is 2. The van der Waals surface area contributed by atoms with Crippen LogP contribution in [0.1, 0.15) is 38.3 Å². The van der Waals surface area contributed by atoms with Gasteiger partial charge < -0.3 is 11.1 Å². The Bertz CT molecular complexity index is 1010. The summed E-state index contributed by atoms with van der Waals surface area (Å²) in [5.74, 6) is -0.559. The third kappa shape index (κ3) is 4.85. The van der Waals surface area contributed by atoms with Gasteiger partial charge in [-0.25, -0.2) is 0 Å². The molecule has 0 fully saturated rings. The fraction of sp³-hybridized carbons (Fsp3) is 0.227. The minimum Gasteiger partial charge on any atom is -0.364 e.